The molecule has 0 spiro atoms. The number of hydrogen-bond donors (Lipinski definition) is 2. The van der Waals surface area contributed by atoms with Crippen LogP contribution in [-0.4, -0.2) is 36.5 Å². The fraction of sp³-hybridized carbons (Fsp3) is 1.00. The third-order valence-electron chi connectivity index (χ3n) is 2.55. The van der Waals surface area contributed by atoms with Crippen LogP contribution in [0.1, 0.15) is 33.1 Å². The van der Waals surface area contributed by atoms with Crippen LogP contribution in [0.15, 0.2) is 0 Å². The van der Waals surface area contributed by atoms with Gasteiger partial charge in [0.25, 0.3) is 0 Å². The molecule has 3 unspecified atom stereocenters. The van der Waals surface area contributed by atoms with Gasteiger partial charge in [-0.15, -0.1) is 0 Å². The predicted molar refractivity (Wildman–Crippen MR) is 52.7 cm³/mol. The summed E-state index contributed by atoms with van der Waals surface area (Å²) < 4.78 is 5.55. The fourth-order valence-corrected chi connectivity index (χ4v) is 1.65. The number of aliphatic hydroxyl groups is 1. The maximum Gasteiger partial charge on any atom is 0.0726 e. The lowest BCUT2D eigenvalue weighted by molar-refractivity contribution is 0.0818. The van der Waals surface area contributed by atoms with Crippen molar-refractivity contribution in [2.45, 2.75) is 51.4 Å². The molecule has 1 heterocycles. The highest BCUT2D eigenvalue weighted by Crippen LogP contribution is 2.15. The van der Waals surface area contributed by atoms with Crippen molar-refractivity contribution in [2.24, 2.45) is 0 Å². The molecule has 0 aromatic rings. The zero-order valence-corrected chi connectivity index (χ0v) is 8.62. The molecule has 1 aliphatic rings. The van der Waals surface area contributed by atoms with Crippen LogP contribution in [0.3, 0.4) is 0 Å². The van der Waals surface area contributed by atoms with Gasteiger partial charge in [-0.3, -0.25) is 0 Å². The molecule has 0 radical (unpaired) electrons. The van der Waals surface area contributed by atoms with E-state index >= 15 is 0 Å². The van der Waals surface area contributed by atoms with Crippen molar-refractivity contribution in [2.75, 3.05) is 13.2 Å². The molecule has 0 aromatic carbocycles. The van der Waals surface area contributed by atoms with Gasteiger partial charge in [-0.1, -0.05) is 0 Å². The van der Waals surface area contributed by atoms with E-state index in [0.717, 1.165) is 19.6 Å². The molecule has 78 valence electrons. The quantitative estimate of drug-likeness (QED) is 0.672. The third kappa shape index (κ3) is 4.07. The Hall–Kier alpha value is -0.120. The monoisotopic (exact) mass is 187 g/mol. The molecular weight excluding hydrogens is 166 g/mol. The normalized spacial score (nSPS) is 27.5. The summed E-state index contributed by atoms with van der Waals surface area (Å²) in [7, 11) is 0. The van der Waals surface area contributed by atoms with Crippen molar-refractivity contribution in [1.29, 1.82) is 0 Å². The number of hydrogen-bond acceptors (Lipinski definition) is 3. The topological polar surface area (TPSA) is 41.5 Å². The Morgan fingerprint density at radius 2 is 2.31 bits per heavy atom. The average molecular weight is 187 g/mol. The second-order valence-corrected chi connectivity index (χ2v) is 3.93. The highest BCUT2D eigenvalue weighted by atomic mass is 16.5. The lowest BCUT2D eigenvalue weighted by atomic mass is 10.1. The third-order valence-corrected chi connectivity index (χ3v) is 2.55. The van der Waals surface area contributed by atoms with Gasteiger partial charge in [-0.2, -0.15) is 0 Å². The van der Waals surface area contributed by atoms with E-state index in [2.05, 4.69) is 12.2 Å². The van der Waals surface area contributed by atoms with Crippen LogP contribution in [0, 0.1) is 0 Å². The van der Waals surface area contributed by atoms with Gasteiger partial charge in [-0.05, 0) is 39.7 Å². The minimum Gasteiger partial charge on any atom is -0.393 e. The Morgan fingerprint density at radius 3 is 2.85 bits per heavy atom. The van der Waals surface area contributed by atoms with Crippen molar-refractivity contribution in [3.63, 3.8) is 0 Å². The molecule has 1 aliphatic heterocycles. The van der Waals surface area contributed by atoms with Crippen molar-refractivity contribution in [1.82, 2.24) is 5.32 Å². The second kappa shape index (κ2) is 5.58. The van der Waals surface area contributed by atoms with Gasteiger partial charge in [-0.25, -0.2) is 0 Å². The largest absolute Gasteiger partial charge is 0.393 e. The zero-order valence-electron chi connectivity index (χ0n) is 8.62. The summed E-state index contributed by atoms with van der Waals surface area (Å²) in [6.45, 7) is 5.75. The Kier molecular flexibility index (Phi) is 4.70. The van der Waals surface area contributed by atoms with E-state index in [1.54, 1.807) is 0 Å². The Labute approximate surface area is 80.5 Å². The summed E-state index contributed by atoms with van der Waals surface area (Å²) in [6.07, 6.45) is 3.35. The molecule has 3 heteroatoms. The Bertz CT molecular complexity index is 133. The van der Waals surface area contributed by atoms with Gasteiger partial charge in [0, 0.05) is 12.6 Å². The van der Waals surface area contributed by atoms with Crippen molar-refractivity contribution < 1.29 is 9.84 Å². The fourth-order valence-electron chi connectivity index (χ4n) is 1.65. The first-order valence-corrected chi connectivity index (χ1v) is 5.23. The van der Waals surface area contributed by atoms with E-state index in [1.165, 1.54) is 12.8 Å². The van der Waals surface area contributed by atoms with Gasteiger partial charge in [0.15, 0.2) is 0 Å². The van der Waals surface area contributed by atoms with Gasteiger partial charge < -0.3 is 15.2 Å². The predicted octanol–water partition coefficient (Wildman–Crippen LogP) is 0.914. The molecule has 0 bridgehead atoms. The molecule has 3 nitrogen and oxygen atoms in total. The van der Waals surface area contributed by atoms with Crippen LogP contribution in [0.4, 0.5) is 0 Å². The maximum absolute atomic E-state index is 9.06. The summed E-state index contributed by atoms with van der Waals surface area (Å²) in [6, 6.07) is 0.418. The minimum absolute atomic E-state index is 0.204. The molecule has 1 rings (SSSR count). The van der Waals surface area contributed by atoms with Crippen molar-refractivity contribution in [3.8, 4) is 0 Å². The molecular formula is C10H21NO2. The van der Waals surface area contributed by atoms with Gasteiger partial charge in [0.1, 0.15) is 0 Å². The molecule has 0 aliphatic carbocycles. The van der Waals surface area contributed by atoms with Gasteiger partial charge >= 0.3 is 0 Å². The summed E-state index contributed by atoms with van der Waals surface area (Å²) in [5.41, 5.74) is 0. The standard InChI is InChI=1S/C10H21NO2/c1-8(12)5-6-11-9(2)10-4-3-7-13-10/h8-12H,3-7H2,1-2H3. The Morgan fingerprint density at radius 1 is 1.54 bits per heavy atom. The van der Waals surface area contributed by atoms with Crippen molar-refractivity contribution in [3.05, 3.63) is 0 Å². The molecule has 0 aromatic heterocycles. The average Bonchev–Trinajstić information content (AvgIpc) is 2.55. The number of aliphatic hydroxyl groups excluding tert-OH is 1. The first-order valence-electron chi connectivity index (χ1n) is 5.23. The van der Waals surface area contributed by atoms with Gasteiger partial charge in [0.05, 0.1) is 12.2 Å². The molecule has 13 heavy (non-hydrogen) atoms. The number of ether oxygens (including phenoxy) is 1. The SMILES string of the molecule is CC(O)CCNC(C)C1CCCO1. The molecule has 2 N–H and O–H groups in total. The van der Waals surface area contributed by atoms with E-state index in [0.29, 0.717) is 12.1 Å². The molecule has 1 fully saturated rings. The van der Waals surface area contributed by atoms with E-state index in [1.807, 2.05) is 6.92 Å². The highest BCUT2D eigenvalue weighted by molar-refractivity contribution is 4.76. The van der Waals surface area contributed by atoms with Crippen LogP contribution in [0.25, 0.3) is 0 Å². The van der Waals surface area contributed by atoms with E-state index in [-0.39, 0.29) is 6.10 Å². The molecule has 1 saturated heterocycles. The zero-order chi connectivity index (χ0) is 9.68. The highest BCUT2D eigenvalue weighted by Gasteiger charge is 2.21. The summed E-state index contributed by atoms with van der Waals surface area (Å²) in [5.74, 6) is 0. The molecule has 3 atom stereocenters. The summed E-state index contributed by atoms with van der Waals surface area (Å²) in [4.78, 5) is 0. The van der Waals surface area contributed by atoms with E-state index < -0.39 is 0 Å². The van der Waals surface area contributed by atoms with Crippen molar-refractivity contribution >= 4 is 0 Å². The van der Waals surface area contributed by atoms with E-state index in [4.69, 9.17) is 9.84 Å². The maximum atomic E-state index is 9.06. The van der Waals surface area contributed by atoms with Crippen LogP contribution < -0.4 is 5.32 Å². The van der Waals surface area contributed by atoms with Crippen LogP contribution in [0.5, 0.6) is 0 Å². The number of nitrogens with one attached hydrogen (secondary N) is 1. The second-order valence-electron chi connectivity index (χ2n) is 3.93. The lowest BCUT2D eigenvalue weighted by Crippen LogP contribution is -2.38. The van der Waals surface area contributed by atoms with Gasteiger partial charge in [0.2, 0.25) is 0 Å². The smallest absolute Gasteiger partial charge is 0.0726 e. The molecule has 0 amide bonds. The van der Waals surface area contributed by atoms with Crippen LogP contribution in [-0.2, 0) is 4.74 Å². The summed E-state index contributed by atoms with van der Waals surface area (Å²) in [5, 5.41) is 12.4. The lowest BCUT2D eigenvalue weighted by Gasteiger charge is -2.20. The molecule has 0 saturated carbocycles. The first kappa shape index (κ1) is 11.0. The van der Waals surface area contributed by atoms with E-state index in [9.17, 15) is 0 Å². The first-order chi connectivity index (χ1) is 6.20. The van der Waals surface area contributed by atoms with Crippen LogP contribution >= 0.6 is 0 Å². The Balaban J connectivity index is 2.06. The van der Waals surface area contributed by atoms with Crippen LogP contribution in [0.2, 0.25) is 0 Å². The summed E-state index contributed by atoms with van der Waals surface area (Å²) >= 11 is 0. The number of rotatable bonds is 5. The minimum atomic E-state index is -0.204.